The van der Waals surface area contributed by atoms with Crippen LogP contribution in [0.1, 0.15) is 38.3 Å². The second-order valence-corrected chi connectivity index (χ2v) is 4.50. The van der Waals surface area contributed by atoms with Crippen molar-refractivity contribution in [3.63, 3.8) is 0 Å². The first kappa shape index (κ1) is 15.2. The van der Waals surface area contributed by atoms with Crippen molar-refractivity contribution in [3.8, 4) is 0 Å². The molecule has 1 aromatic heterocycles. The fourth-order valence-electron chi connectivity index (χ4n) is 1.62. The molecule has 0 aromatic carbocycles. The van der Waals surface area contributed by atoms with Crippen molar-refractivity contribution in [2.24, 2.45) is 5.73 Å². The SMILES string of the molecule is CCCNc1nc(C)cc(NCCCCC(N)=O)n1. The quantitative estimate of drug-likeness (QED) is 0.591. The molecule has 6 heteroatoms. The molecular weight excluding hydrogens is 242 g/mol. The molecule has 0 fully saturated rings. The number of primary amides is 1. The van der Waals surface area contributed by atoms with Crippen molar-refractivity contribution in [3.05, 3.63) is 11.8 Å². The number of aryl methyl sites for hydroxylation is 1. The van der Waals surface area contributed by atoms with Crippen LogP contribution in [0.15, 0.2) is 6.07 Å². The number of unbranched alkanes of at least 4 members (excludes halogenated alkanes) is 1. The van der Waals surface area contributed by atoms with Gasteiger partial charge in [-0.15, -0.1) is 0 Å². The average Bonchev–Trinajstić information content (AvgIpc) is 2.35. The Balaban J connectivity index is 2.40. The highest BCUT2D eigenvalue weighted by Gasteiger charge is 2.01. The fraction of sp³-hybridized carbons (Fsp3) is 0.615. The first-order chi connectivity index (χ1) is 9.11. The lowest BCUT2D eigenvalue weighted by atomic mass is 10.2. The summed E-state index contributed by atoms with van der Waals surface area (Å²) >= 11 is 0. The Morgan fingerprint density at radius 2 is 2.05 bits per heavy atom. The number of nitrogens with one attached hydrogen (secondary N) is 2. The van der Waals surface area contributed by atoms with E-state index >= 15 is 0 Å². The number of amides is 1. The van der Waals surface area contributed by atoms with Gasteiger partial charge in [-0.25, -0.2) is 4.98 Å². The van der Waals surface area contributed by atoms with Gasteiger partial charge < -0.3 is 16.4 Å². The zero-order valence-corrected chi connectivity index (χ0v) is 11.7. The molecule has 1 rings (SSSR count). The van der Waals surface area contributed by atoms with E-state index in [-0.39, 0.29) is 5.91 Å². The van der Waals surface area contributed by atoms with Gasteiger partial charge in [0.05, 0.1) is 0 Å². The lowest BCUT2D eigenvalue weighted by Gasteiger charge is -2.09. The second-order valence-electron chi connectivity index (χ2n) is 4.50. The van der Waals surface area contributed by atoms with Crippen LogP contribution in [0.2, 0.25) is 0 Å². The summed E-state index contributed by atoms with van der Waals surface area (Å²) in [5.41, 5.74) is 6.01. The lowest BCUT2D eigenvalue weighted by molar-refractivity contribution is -0.118. The molecule has 4 N–H and O–H groups in total. The Hall–Kier alpha value is -1.85. The number of carbonyl (C=O) groups is 1. The van der Waals surface area contributed by atoms with Crippen molar-refractivity contribution >= 4 is 17.7 Å². The summed E-state index contributed by atoms with van der Waals surface area (Å²) in [6, 6.07) is 1.91. The van der Waals surface area contributed by atoms with E-state index in [1.54, 1.807) is 0 Å². The van der Waals surface area contributed by atoms with Gasteiger partial charge in [-0.2, -0.15) is 4.98 Å². The number of nitrogens with zero attached hydrogens (tertiary/aromatic N) is 2. The minimum absolute atomic E-state index is 0.246. The van der Waals surface area contributed by atoms with E-state index in [1.807, 2.05) is 13.0 Å². The third kappa shape index (κ3) is 6.59. The number of hydrogen-bond donors (Lipinski definition) is 3. The van der Waals surface area contributed by atoms with Gasteiger partial charge in [0.15, 0.2) is 0 Å². The Labute approximate surface area is 114 Å². The van der Waals surface area contributed by atoms with Gasteiger partial charge in [-0.3, -0.25) is 4.79 Å². The molecule has 6 nitrogen and oxygen atoms in total. The summed E-state index contributed by atoms with van der Waals surface area (Å²) < 4.78 is 0. The Bertz CT molecular complexity index is 408. The summed E-state index contributed by atoms with van der Waals surface area (Å²) in [5.74, 6) is 1.22. The fourth-order valence-corrected chi connectivity index (χ4v) is 1.62. The van der Waals surface area contributed by atoms with Gasteiger partial charge in [-0.1, -0.05) is 6.92 Å². The molecule has 0 radical (unpaired) electrons. The lowest BCUT2D eigenvalue weighted by Crippen LogP contribution is -2.12. The van der Waals surface area contributed by atoms with Gasteiger partial charge >= 0.3 is 0 Å². The summed E-state index contributed by atoms with van der Waals surface area (Å²) in [6.07, 6.45) is 3.16. The predicted molar refractivity (Wildman–Crippen MR) is 77.1 cm³/mol. The molecular formula is C13H23N5O. The highest BCUT2D eigenvalue weighted by Crippen LogP contribution is 2.10. The Kier molecular flexibility index (Phi) is 6.63. The third-order valence-corrected chi connectivity index (χ3v) is 2.54. The van der Waals surface area contributed by atoms with E-state index < -0.39 is 0 Å². The molecule has 0 unspecified atom stereocenters. The largest absolute Gasteiger partial charge is 0.370 e. The van der Waals surface area contributed by atoms with Crippen LogP contribution in [-0.4, -0.2) is 29.0 Å². The van der Waals surface area contributed by atoms with Crippen LogP contribution in [0.5, 0.6) is 0 Å². The normalized spacial score (nSPS) is 10.2. The number of carbonyl (C=O) groups excluding carboxylic acids is 1. The maximum Gasteiger partial charge on any atom is 0.224 e. The first-order valence-electron chi connectivity index (χ1n) is 6.73. The van der Waals surface area contributed by atoms with Crippen LogP contribution in [0.3, 0.4) is 0 Å². The van der Waals surface area contributed by atoms with Crippen LogP contribution in [0, 0.1) is 6.92 Å². The highest BCUT2D eigenvalue weighted by molar-refractivity contribution is 5.73. The zero-order valence-electron chi connectivity index (χ0n) is 11.7. The molecule has 1 aromatic rings. The number of rotatable bonds is 9. The number of aromatic nitrogens is 2. The van der Waals surface area contributed by atoms with E-state index in [9.17, 15) is 4.79 Å². The second kappa shape index (κ2) is 8.29. The van der Waals surface area contributed by atoms with Gasteiger partial charge in [0, 0.05) is 31.3 Å². The molecule has 1 heterocycles. The minimum atomic E-state index is -0.246. The number of hydrogen-bond acceptors (Lipinski definition) is 5. The predicted octanol–water partition coefficient (Wildman–Crippen LogP) is 1.67. The summed E-state index contributed by atoms with van der Waals surface area (Å²) in [7, 11) is 0. The average molecular weight is 265 g/mol. The molecule has 0 aliphatic carbocycles. The maximum absolute atomic E-state index is 10.6. The van der Waals surface area contributed by atoms with Crippen LogP contribution in [0.25, 0.3) is 0 Å². The molecule has 1 amide bonds. The Morgan fingerprint density at radius 1 is 1.26 bits per heavy atom. The van der Waals surface area contributed by atoms with Crippen molar-refractivity contribution in [1.82, 2.24) is 9.97 Å². The number of nitrogens with two attached hydrogens (primary N) is 1. The molecule has 0 atom stereocenters. The smallest absolute Gasteiger partial charge is 0.224 e. The van der Waals surface area contributed by atoms with Crippen molar-refractivity contribution in [2.45, 2.75) is 39.5 Å². The summed E-state index contributed by atoms with van der Waals surface area (Å²) in [4.78, 5) is 19.3. The van der Waals surface area contributed by atoms with Gasteiger partial charge in [0.2, 0.25) is 11.9 Å². The van der Waals surface area contributed by atoms with Gasteiger partial charge in [0.25, 0.3) is 0 Å². The van der Waals surface area contributed by atoms with E-state index in [0.717, 1.165) is 43.9 Å². The van der Waals surface area contributed by atoms with Crippen LogP contribution >= 0.6 is 0 Å². The van der Waals surface area contributed by atoms with Gasteiger partial charge in [-0.05, 0) is 26.2 Å². The van der Waals surface area contributed by atoms with Gasteiger partial charge in [0.1, 0.15) is 5.82 Å². The first-order valence-corrected chi connectivity index (χ1v) is 6.73. The zero-order chi connectivity index (χ0) is 14.1. The monoisotopic (exact) mass is 265 g/mol. The molecule has 0 aliphatic heterocycles. The van der Waals surface area contributed by atoms with Crippen molar-refractivity contribution in [2.75, 3.05) is 23.7 Å². The molecule has 19 heavy (non-hydrogen) atoms. The highest BCUT2D eigenvalue weighted by atomic mass is 16.1. The van der Waals surface area contributed by atoms with E-state index in [2.05, 4.69) is 27.5 Å². The standard InChI is InChI=1S/C13H23N5O/c1-3-7-16-13-17-10(2)9-12(18-13)15-8-5-4-6-11(14)19/h9H,3-8H2,1-2H3,(H2,14,19)(H2,15,16,17,18). The van der Waals surface area contributed by atoms with Crippen molar-refractivity contribution < 1.29 is 4.79 Å². The molecule has 0 aliphatic rings. The van der Waals surface area contributed by atoms with Crippen LogP contribution in [-0.2, 0) is 4.79 Å². The van der Waals surface area contributed by atoms with E-state index in [1.165, 1.54) is 0 Å². The van der Waals surface area contributed by atoms with Crippen LogP contribution < -0.4 is 16.4 Å². The van der Waals surface area contributed by atoms with Crippen LogP contribution in [0.4, 0.5) is 11.8 Å². The topological polar surface area (TPSA) is 92.9 Å². The molecule has 0 saturated heterocycles. The summed E-state index contributed by atoms with van der Waals surface area (Å²) in [6.45, 7) is 5.68. The molecule has 106 valence electrons. The Morgan fingerprint density at radius 3 is 2.74 bits per heavy atom. The molecule has 0 saturated carbocycles. The van der Waals surface area contributed by atoms with Crippen molar-refractivity contribution in [1.29, 1.82) is 0 Å². The van der Waals surface area contributed by atoms with E-state index in [0.29, 0.717) is 12.4 Å². The third-order valence-electron chi connectivity index (χ3n) is 2.54. The number of anilines is 2. The minimum Gasteiger partial charge on any atom is -0.370 e. The maximum atomic E-state index is 10.6. The molecule has 0 spiro atoms. The molecule has 0 bridgehead atoms. The summed E-state index contributed by atoms with van der Waals surface area (Å²) in [5, 5.41) is 6.40. The van der Waals surface area contributed by atoms with E-state index in [4.69, 9.17) is 5.73 Å².